The summed E-state index contributed by atoms with van der Waals surface area (Å²) < 4.78 is 2.47. The predicted molar refractivity (Wildman–Crippen MR) is 378 cm³/mol. The monoisotopic (exact) mass is 1140 g/mol. The van der Waals surface area contributed by atoms with Crippen LogP contribution in [0.25, 0.3) is 104 Å². The highest BCUT2D eigenvalue weighted by molar-refractivity contribution is 6.23. The van der Waals surface area contributed by atoms with Crippen molar-refractivity contribution in [1.82, 2.24) is 4.57 Å². The molecule has 0 amide bonds. The molecule has 88 heavy (non-hydrogen) atoms. The van der Waals surface area contributed by atoms with Gasteiger partial charge in [-0.2, -0.15) is 5.26 Å². The average Bonchev–Trinajstić information content (AvgIpc) is 1.27. The van der Waals surface area contributed by atoms with E-state index in [2.05, 4.69) is 268 Å². The molecule has 0 aliphatic carbocycles. The van der Waals surface area contributed by atoms with E-state index in [0.29, 0.717) is 5.56 Å². The van der Waals surface area contributed by atoms with E-state index in [1.807, 2.05) is 12.1 Å². The molecule has 3 heteroatoms. The molecule has 434 valence electrons. The minimum Gasteiger partial charge on any atom is -0.309 e. The maximum Gasteiger partial charge on any atom is 0.0991 e. The summed E-state index contributed by atoms with van der Waals surface area (Å²) >= 11 is 0. The van der Waals surface area contributed by atoms with Gasteiger partial charge in [-0.3, -0.25) is 0 Å². The molecule has 3 nitrogen and oxygen atoms in total. The molecular weight excluding hydrogens is 1060 g/mol. The third-order valence-electron chi connectivity index (χ3n) is 18.5. The molecule has 1 aromatic heterocycles. The maximum absolute atomic E-state index is 10.3. The molecule has 0 spiro atoms. The second-order valence-corrected chi connectivity index (χ2v) is 24.7. The molecule has 13 aromatic rings. The van der Waals surface area contributed by atoms with E-state index in [4.69, 9.17) is 0 Å². The van der Waals surface area contributed by atoms with Crippen LogP contribution in [0.3, 0.4) is 0 Å². The van der Waals surface area contributed by atoms with Gasteiger partial charge in [-0.05, 0) is 190 Å². The molecule has 0 aliphatic heterocycles. The van der Waals surface area contributed by atoms with Crippen LogP contribution in [0.4, 0.5) is 17.1 Å². The fourth-order valence-electron chi connectivity index (χ4n) is 13.7. The van der Waals surface area contributed by atoms with Crippen molar-refractivity contribution in [2.45, 2.75) is 118 Å². The van der Waals surface area contributed by atoms with Crippen LogP contribution in [0.2, 0.25) is 0 Å². The van der Waals surface area contributed by atoms with Crippen LogP contribution in [0.1, 0.15) is 119 Å². The van der Waals surface area contributed by atoms with E-state index in [-0.39, 0.29) is 0 Å². The SMILES string of the molecule is CCCCCCCCc1ccc2c(N(c3ccc(C#N)cc3)c3cccc(-n4c5ccc(-c6ccc(C)cc6)cc5c5cc(-c6ccc(C)cc6)ccc54)c3)c3cc(CCCCCCCC)ccc3c(-c3ccc(-c4cccc5ccccc45)cc3)c2c1. The van der Waals surface area contributed by atoms with E-state index < -0.39 is 0 Å². The van der Waals surface area contributed by atoms with Gasteiger partial charge in [0.15, 0.2) is 0 Å². The van der Waals surface area contributed by atoms with Crippen LogP contribution in [0.5, 0.6) is 0 Å². The Balaban J connectivity index is 1.03. The number of hydrogen-bond donors (Lipinski definition) is 0. The summed E-state index contributed by atoms with van der Waals surface area (Å²) in [6.45, 7) is 8.90. The Bertz CT molecular complexity index is 4540. The number of rotatable bonds is 22. The number of benzene rings is 12. The summed E-state index contributed by atoms with van der Waals surface area (Å²) in [5, 5.41) is 20.1. The van der Waals surface area contributed by atoms with Gasteiger partial charge in [-0.1, -0.05) is 253 Å². The smallest absolute Gasteiger partial charge is 0.0991 e. The van der Waals surface area contributed by atoms with Crippen molar-refractivity contribution in [3.8, 4) is 56.3 Å². The number of nitriles is 1. The molecule has 0 bridgehead atoms. The first-order chi connectivity index (χ1) is 43.3. The van der Waals surface area contributed by atoms with E-state index in [9.17, 15) is 5.26 Å². The molecule has 0 fully saturated rings. The minimum absolute atomic E-state index is 0.635. The van der Waals surface area contributed by atoms with Gasteiger partial charge in [0.05, 0.1) is 28.4 Å². The molecule has 0 N–H and O–H groups in total. The third-order valence-corrected chi connectivity index (χ3v) is 18.5. The Morgan fingerprint density at radius 3 is 1.50 bits per heavy atom. The van der Waals surface area contributed by atoms with Gasteiger partial charge in [-0.15, -0.1) is 0 Å². The second kappa shape index (κ2) is 26.2. The van der Waals surface area contributed by atoms with Gasteiger partial charge >= 0.3 is 0 Å². The zero-order valence-electron chi connectivity index (χ0n) is 51.8. The molecule has 13 rings (SSSR count). The lowest BCUT2D eigenvalue weighted by molar-refractivity contribution is 0.607. The number of aromatic nitrogens is 1. The van der Waals surface area contributed by atoms with Gasteiger partial charge in [0.1, 0.15) is 0 Å². The zero-order chi connectivity index (χ0) is 59.9. The van der Waals surface area contributed by atoms with Crippen molar-refractivity contribution >= 4 is 71.2 Å². The van der Waals surface area contributed by atoms with E-state index in [0.717, 1.165) is 53.0 Å². The fraction of sp³-hybridized carbons (Fsp3) is 0.212. The van der Waals surface area contributed by atoms with Crippen molar-refractivity contribution in [3.63, 3.8) is 0 Å². The summed E-state index contributed by atoms with van der Waals surface area (Å²) in [5.74, 6) is 0. The van der Waals surface area contributed by atoms with Gasteiger partial charge < -0.3 is 9.47 Å². The van der Waals surface area contributed by atoms with Crippen molar-refractivity contribution in [2.24, 2.45) is 0 Å². The molecule has 0 atom stereocenters. The highest BCUT2D eigenvalue weighted by Gasteiger charge is 2.25. The molecule has 0 unspecified atom stereocenters. The summed E-state index contributed by atoms with van der Waals surface area (Å²) in [6, 6.07) is 91.3. The van der Waals surface area contributed by atoms with E-state index >= 15 is 0 Å². The highest BCUT2D eigenvalue weighted by Crippen LogP contribution is 2.50. The Kier molecular flexibility index (Phi) is 17.2. The Morgan fingerprint density at radius 2 is 0.886 bits per heavy atom. The minimum atomic E-state index is 0.635. The molecule has 12 aromatic carbocycles. The van der Waals surface area contributed by atoms with Crippen LogP contribution in [-0.2, 0) is 12.8 Å². The van der Waals surface area contributed by atoms with Crippen molar-refractivity contribution in [2.75, 3.05) is 4.90 Å². The quantitative estimate of drug-likeness (QED) is 0.0500. The molecule has 0 radical (unpaired) electrons. The molecule has 0 aliphatic rings. The van der Waals surface area contributed by atoms with Gasteiger partial charge in [0.2, 0.25) is 0 Å². The standard InChI is InChI=1S/C85H79N3/c1-5-7-9-11-13-15-21-61-36-50-77-80(53-61)84(68-43-41-67(42-44-68)75-28-19-24-66-23-17-18-27-74(66)75)76-49-35-62(22-16-14-12-10-8-6-2)54-81(76)85(77)87(71-47-33-63(58-86)34-48-71)72-25-20-26-73(57-72)88-82-51-45-69(64-37-29-59(3)30-38-64)55-78(82)79-56-70(46-52-83(79)88)65-39-31-60(4)32-40-65/h17-20,23-57H,5-16,21-22H2,1-4H3. The largest absolute Gasteiger partial charge is 0.309 e. The number of anilines is 3. The fourth-order valence-corrected chi connectivity index (χ4v) is 13.7. The molecule has 0 saturated heterocycles. The lowest BCUT2D eigenvalue weighted by atomic mass is 9.86. The van der Waals surface area contributed by atoms with E-state index in [1.165, 1.54) is 180 Å². The Hall–Kier alpha value is -9.49. The van der Waals surface area contributed by atoms with Crippen molar-refractivity contribution in [1.29, 1.82) is 5.26 Å². The topological polar surface area (TPSA) is 32.0 Å². The molecule has 0 saturated carbocycles. The summed E-state index contributed by atoms with van der Waals surface area (Å²) in [4.78, 5) is 2.50. The number of aryl methyl sites for hydroxylation is 4. The summed E-state index contributed by atoms with van der Waals surface area (Å²) in [5.41, 5.74) is 22.2. The number of fused-ring (bicyclic) bond motifs is 6. The van der Waals surface area contributed by atoms with Gasteiger partial charge in [-0.25, -0.2) is 0 Å². The van der Waals surface area contributed by atoms with Gasteiger partial charge in [0, 0.05) is 38.6 Å². The maximum atomic E-state index is 10.3. The molecule has 1 heterocycles. The number of nitrogens with zero attached hydrogens (tertiary/aromatic N) is 3. The van der Waals surface area contributed by atoms with Crippen molar-refractivity contribution < 1.29 is 0 Å². The van der Waals surface area contributed by atoms with Crippen LogP contribution in [0.15, 0.2) is 237 Å². The first-order valence-corrected chi connectivity index (χ1v) is 32.6. The number of hydrogen-bond acceptors (Lipinski definition) is 2. The first-order valence-electron chi connectivity index (χ1n) is 32.6. The predicted octanol–water partition coefficient (Wildman–Crippen LogP) is 24.7. The van der Waals surface area contributed by atoms with Crippen LogP contribution < -0.4 is 4.90 Å². The first kappa shape index (κ1) is 57.6. The molecular formula is C85H79N3. The number of unbranched alkanes of at least 4 members (excludes halogenated alkanes) is 10. The summed E-state index contributed by atoms with van der Waals surface area (Å²) in [7, 11) is 0. The zero-order valence-corrected chi connectivity index (χ0v) is 51.8. The van der Waals surface area contributed by atoms with Crippen LogP contribution >= 0.6 is 0 Å². The average molecular weight is 1140 g/mol. The lowest BCUT2D eigenvalue weighted by Crippen LogP contribution is -2.12. The van der Waals surface area contributed by atoms with Crippen LogP contribution in [-0.4, -0.2) is 4.57 Å². The third kappa shape index (κ3) is 11.9. The van der Waals surface area contributed by atoms with Gasteiger partial charge in [0.25, 0.3) is 0 Å². The second-order valence-electron chi connectivity index (χ2n) is 24.7. The lowest BCUT2D eigenvalue weighted by Gasteiger charge is -2.30. The highest BCUT2D eigenvalue weighted by atomic mass is 15.1. The Labute approximate surface area is 521 Å². The van der Waals surface area contributed by atoms with E-state index in [1.54, 1.807) is 0 Å². The Morgan fingerprint density at radius 1 is 0.364 bits per heavy atom. The van der Waals surface area contributed by atoms with Crippen molar-refractivity contribution in [3.05, 3.63) is 264 Å². The van der Waals surface area contributed by atoms with Crippen LogP contribution in [0, 0.1) is 25.2 Å². The normalized spacial score (nSPS) is 11.6. The summed E-state index contributed by atoms with van der Waals surface area (Å²) in [6.07, 6.45) is 17.1.